The number of amides is 1. The normalized spacial score (nSPS) is 11.1. The number of rotatable bonds is 5. The molecule has 0 radical (unpaired) electrons. The number of furan rings is 1. The van der Waals surface area contributed by atoms with E-state index in [9.17, 15) is 4.79 Å². The molecular formula is C23H22N2O3. The number of carbonyl (C=O) groups excluding carboxylic acids is 1. The molecule has 0 aliphatic heterocycles. The maximum atomic E-state index is 12.9. The summed E-state index contributed by atoms with van der Waals surface area (Å²) in [4.78, 5) is 17.4. The van der Waals surface area contributed by atoms with Gasteiger partial charge in [-0.25, -0.2) is 0 Å². The Kier molecular flexibility index (Phi) is 4.74. The molecule has 1 amide bonds. The number of aromatic nitrogens is 1. The molecule has 0 atom stereocenters. The number of nitrogens with zero attached hydrogens (tertiary/aromatic N) is 1. The molecule has 0 aliphatic rings. The van der Waals surface area contributed by atoms with Crippen molar-refractivity contribution >= 4 is 33.5 Å². The molecule has 142 valence electrons. The number of anilines is 1. The Morgan fingerprint density at radius 3 is 2.82 bits per heavy atom. The van der Waals surface area contributed by atoms with Crippen molar-refractivity contribution in [3.05, 3.63) is 65.5 Å². The minimum Gasteiger partial charge on any atom is -0.491 e. The van der Waals surface area contributed by atoms with Crippen LogP contribution in [0.4, 0.5) is 5.69 Å². The number of carbonyl (C=O) groups is 1. The lowest BCUT2D eigenvalue weighted by Crippen LogP contribution is -2.12. The van der Waals surface area contributed by atoms with Gasteiger partial charge in [0.2, 0.25) is 0 Å². The van der Waals surface area contributed by atoms with Crippen LogP contribution in [-0.4, -0.2) is 17.5 Å². The van der Waals surface area contributed by atoms with E-state index in [1.807, 2.05) is 56.3 Å². The predicted molar refractivity (Wildman–Crippen MR) is 111 cm³/mol. The molecule has 0 saturated heterocycles. The fourth-order valence-electron chi connectivity index (χ4n) is 3.31. The largest absolute Gasteiger partial charge is 0.491 e. The number of hydrogen-bond acceptors (Lipinski definition) is 4. The molecule has 1 N–H and O–H groups in total. The summed E-state index contributed by atoms with van der Waals surface area (Å²) in [6, 6.07) is 13.4. The summed E-state index contributed by atoms with van der Waals surface area (Å²) in [5, 5.41) is 4.75. The van der Waals surface area contributed by atoms with Crippen molar-refractivity contribution in [1.29, 1.82) is 0 Å². The van der Waals surface area contributed by atoms with Crippen LogP contribution in [-0.2, 0) is 0 Å². The van der Waals surface area contributed by atoms with Gasteiger partial charge in [0, 0.05) is 22.5 Å². The molecule has 2 aromatic heterocycles. The standard InChI is InChI=1S/C23H22N2O3/c1-4-12-27-19-10-9-18(17-6-5-11-24-21(17)19)25-23(26)22-15(3)16-8-7-14(2)13-20(16)28-22/h5-11,13H,4,12H2,1-3H3,(H,25,26). The number of fused-ring (bicyclic) bond motifs is 2. The summed E-state index contributed by atoms with van der Waals surface area (Å²) in [6.07, 6.45) is 2.64. The quantitative estimate of drug-likeness (QED) is 0.491. The predicted octanol–water partition coefficient (Wildman–Crippen LogP) is 5.64. The second kappa shape index (κ2) is 7.35. The molecule has 2 aromatic carbocycles. The van der Waals surface area contributed by atoms with Crippen molar-refractivity contribution in [2.24, 2.45) is 0 Å². The Balaban J connectivity index is 1.70. The molecule has 28 heavy (non-hydrogen) atoms. The fourth-order valence-corrected chi connectivity index (χ4v) is 3.31. The number of nitrogens with one attached hydrogen (secondary N) is 1. The number of aryl methyl sites for hydroxylation is 2. The summed E-state index contributed by atoms with van der Waals surface area (Å²) >= 11 is 0. The molecule has 0 unspecified atom stereocenters. The van der Waals surface area contributed by atoms with Crippen molar-refractivity contribution in [2.45, 2.75) is 27.2 Å². The van der Waals surface area contributed by atoms with E-state index in [2.05, 4.69) is 17.2 Å². The van der Waals surface area contributed by atoms with E-state index < -0.39 is 0 Å². The van der Waals surface area contributed by atoms with E-state index in [0.717, 1.165) is 39.4 Å². The first kappa shape index (κ1) is 18.0. The van der Waals surface area contributed by atoms with Gasteiger partial charge in [-0.2, -0.15) is 0 Å². The number of hydrogen-bond donors (Lipinski definition) is 1. The highest BCUT2D eigenvalue weighted by atomic mass is 16.5. The van der Waals surface area contributed by atoms with Gasteiger partial charge >= 0.3 is 0 Å². The van der Waals surface area contributed by atoms with Crippen molar-refractivity contribution in [1.82, 2.24) is 4.98 Å². The van der Waals surface area contributed by atoms with E-state index in [1.54, 1.807) is 6.20 Å². The summed E-state index contributed by atoms with van der Waals surface area (Å²) in [7, 11) is 0. The maximum absolute atomic E-state index is 12.9. The monoisotopic (exact) mass is 374 g/mol. The van der Waals surface area contributed by atoms with Gasteiger partial charge in [0.1, 0.15) is 16.8 Å². The first-order valence-corrected chi connectivity index (χ1v) is 9.40. The lowest BCUT2D eigenvalue weighted by atomic mass is 10.1. The summed E-state index contributed by atoms with van der Waals surface area (Å²) in [5.74, 6) is 0.758. The van der Waals surface area contributed by atoms with Crippen LogP contribution in [0.25, 0.3) is 21.9 Å². The molecule has 0 spiro atoms. The Bertz CT molecular complexity index is 1180. The third kappa shape index (κ3) is 3.20. The Morgan fingerprint density at radius 2 is 2.00 bits per heavy atom. The van der Waals surface area contributed by atoms with Crippen LogP contribution >= 0.6 is 0 Å². The SMILES string of the molecule is CCCOc1ccc(NC(=O)c2oc3cc(C)ccc3c2C)c2cccnc12. The van der Waals surface area contributed by atoms with Gasteiger partial charge in [-0.15, -0.1) is 0 Å². The van der Waals surface area contributed by atoms with Gasteiger partial charge in [-0.3, -0.25) is 9.78 Å². The minimum absolute atomic E-state index is 0.279. The summed E-state index contributed by atoms with van der Waals surface area (Å²) < 4.78 is 11.6. The number of pyridine rings is 1. The highest BCUT2D eigenvalue weighted by Crippen LogP contribution is 2.32. The van der Waals surface area contributed by atoms with Gasteiger partial charge in [0.05, 0.1) is 12.3 Å². The van der Waals surface area contributed by atoms with Gasteiger partial charge in [-0.05, 0) is 56.2 Å². The molecule has 0 fully saturated rings. The molecule has 5 heteroatoms. The average Bonchev–Trinajstić information content (AvgIpc) is 3.03. The lowest BCUT2D eigenvalue weighted by Gasteiger charge is -2.12. The van der Waals surface area contributed by atoms with Crippen molar-refractivity contribution < 1.29 is 13.9 Å². The Morgan fingerprint density at radius 1 is 1.14 bits per heavy atom. The number of benzene rings is 2. The van der Waals surface area contributed by atoms with Crippen LogP contribution in [0.15, 0.2) is 53.1 Å². The second-order valence-corrected chi connectivity index (χ2v) is 6.87. The first-order chi connectivity index (χ1) is 13.6. The first-order valence-electron chi connectivity index (χ1n) is 9.40. The molecular weight excluding hydrogens is 352 g/mol. The van der Waals surface area contributed by atoms with E-state index >= 15 is 0 Å². The minimum atomic E-state index is -0.279. The molecule has 0 aliphatic carbocycles. The van der Waals surface area contributed by atoms with Crippen molar-refractivity contribution in [3.63, 3.8) is 0 Å². The van der Waals surface area contributed by atoms with Gasteiger partial charge in [0.25, 0.3) is 5.91 Å². The lowest BCUT2D eigenvalue weighted by molar-refractivity contribution is 0.0998. The van der Waals surface area contributed by atoms with Gasteiger partial charge in [0.15, 0.2) is 5.76 Å². The van der Waals surface area contributed by atoms with Crippen LogP contribution < -0.4 is 10.1 Å². The second-order valence-electron chi connectivity index (χ2n) is 6.87. The molecule has 0 saturated carbocycles. The van der Waals surface area contributed by atoms with E-state index in [0.29, 0.717) is 23.8 Å². The summed E-state index contributed by atoms with van der Waals surface area (Å²) in [5.41, 5.74) is 4.04. The average molecular weight is 374 g/mol. The maximum Gasteiger partial charge on any atom is 0.291 e. The highest BCUT2D eigenvalue weighted by Gasteiger charge is 2.19. The zero-order valence-electron chi connectivity index (χ0n) is 16.2. The van der Waals surface area contributed by atoms with E-state index in [-0.39, 0.29) is 5.91 Å². The van der Waals surface area contributed by atoms with Gasteiger partial charge < -0.3 is 14.5 Å². The Hall–Kier alpha value is -3.34. The van der Waals surface area contributed by atoms with Gasteiger partial charge in [-0.1, -0.05) is 19.1 Å². The third-order valence-corrected chi connectivity index (χ3v) is 4.74. The van der Waals surface area contributed by atoms with Crippen molar-refractivity contribution in [2.75, 3.05) is 11.9 Å². The molecule has 4 rings (SSSR count). The fraction of sp³-hybridized carbons (Fsp3) is 0.217. The molecule has 2 heterocycles. The smallest absolute Gasteiger partial charge is 0.291 e. The Labute approximate surface area is 163 Å². The van der Waals surface area contributed by atoms with Crippen LogP contribution in [0, 0.1) is 13.8 Å². The van der Waals surface area contributed by atoms with E-state index in [1.165, 1.54) is 0 Å². The third-order valence-electron chi connectivity index (χ3n) is 4.74. The zero-order chi connectivity index (χ0) is 19.7. The summed E-state index contributed by atoms with van der Waals surface area (Å²) in [6.45, 7) is 6.58. The van der Waals surface area contributed by atoms with Crippen LogP contribution in [0.2, 0.25) is 0 Å². The van der Waals surface area contributed by atoms with Crippen LogP contribution in [0.3, 0.4) is 0 Å². The molecule has 0 bridgehead atoms. The van der Waals surface area contributed by atoms with E-state index in [4.69, 9.17) is 9.15 Å². The van der Waals surface area contributed by atoms with Crippen LogP contribution in [0.5, 0.6) is 5.75 Å². The molecule has 5 nitrogen and oxygen atoms in total. The van der Waals surface area contributed by atoms with Crippen LogP contribution in [0.1, 0.15) is 35.0 Å². The topological polar surface area (TPSA) is 64.4 Å². The zero-order valence-corrected chi connectivity index (χ0v) is 16.2. The van der Waals surface area contributed by atoms with Crippen molar-refractivity contribution in [3.8, 4) is 5.75 Å². The number of ether oxygens (including phenoxy) is 1. The highest BCUT2D eigenvalue weighted by molar-refractivity contribution is 6.10. The molecule has 4 aromatic rings.